The maximum absolute atomic E-state index is 12.7. The molecule has 0 aliphatic carbocycles. The molecule has 0 saturated carbocycles. The van der Waals surface area contributed by atoms with Crippen LogP contribution >= 0.6 is 15.9 Å². The molecule has 0 bridgehead atoms. The normalized spacial score (nSPS) is 18.7. The van der Waals surface area contributed by atoms with Crippen LogP contribution < -0.4 is 10.1 Å². The van der Waals surface area contributed by atoms with E-state index in [-0.39, 0.29) is 11.7 Å². The van der Waals surface area contributed by atoms with E-state index < -0.39 is 0 Å². The number of carbonyl (C=O) groups excluding carboxylic acids is 1. The number of benzene rings is 1. The van der Waals surface area contributed by atoms with Gasteiger partial charge in [-0.2, -0.15) is 0 Å². The Morgan fingerprint density at radius 1 is 1.26 bits per heavy atom. The summed E-state index contributed by atoms with van der Waals surface area (Å²) in [7, 11) is 1.64. The number of methoxy groups -OCH3 is 1. The minimum absolute atomic E-state index is 0.0709. The third kappa shape index (κ3) is 2.43. The fourth-order valence-electron chi connectivity index (χ4n) is 2.72. The van der Waals surface area contributed by atoms with Gasteiger partial charge in [-0.15, -0.1) is 0 Å². The number of ketones is 1. The number of halogens is 1. The van der Waals surface area contributed by atoms with Crippen LogP contribution in [0.3, 0.4) is 0 Å². The number of nitrogens with one attached hydrogen (secondary N) is 1. The summed E-state index contributed by atoms with van der Waals surface area (Å²) in [6, 6.07) is 0. The highest BCUT2D eigenvalue weighted by Crippen LogP contribution is 2.37. The van der Waals surface area contributed by atoms with E-state index >= 15 is 0 Å². The summed E-state index contributed by atoms with van der Waals surface area (Å²) in [5.74, 6) is 1.000. The van der Waals surface area contributed by atoms with Crippen molar-refractivity contribution in [3.8, 4) is 5.75 Å². The molecule has 4 heteroatoms. The van der Waals surface area contributed by atoms with Crippen molar-refractivity contribution in [2.45, 2.75) is 27.2 Å². The molecule has 1 aliphatic rings. The topological polar surface area (TPSA) is 38.3 Å². The summed E-state index contributed by atoms with van der Waals surface area (Å²) in [6.45, 7) is 7.72. The van der Waals surface area contributed by atoms with Gasteiger partial charge >= 0.3 is 0 Å². The molecule has 1 aliphatic heterocycles. The van der Waals surface area contributed by atoms with Crippen LogP contribution in [0, 0.1) is 26.7 Å². The molecule has 0 spiro atoms. The molecule has 1 N–H and O–H groups in total. The second-order valence-corrected chi connectivity index (χ2v) is 5.94. The lowest BCUT2D eigenvalue weighted by Gasteiger charge is -2.19. The van der Waals surface area contributed by atoms with Crippen LogP contribution in [-0.2, 0) is 0 Å². The van der Waals surface area contributed by atoms with Gasteiger partial charge in [-0.1, -0.05) is 15.9 Å². The van der Waals surface area contributed by atoms with Gasteiger partial charge in [-0.05, 0) is 50.4 Å². The van der Waals surface area contributed by atoms with Crippen LogP contribution in [0.5, 0.6) is 5.75 Å². The Hall–Kier alpha value is -0.870. The zero-order valence-corrected chi connectivity index (χ0v) is 13.5. The van der Waals surface area contributed by atoms with Crippen LogP contribution in [-0.4, -0.2) is 26.0 Å². The van der Waals surface area contributed by atoms with Crippen molar-refractivity contribution >= 4 is 21.7 Å². The van der Waals surface area contributed by atoms with E-state index in [1.54, 1.807) is 7.11 Å². The van der Waals surface area contributed by atoms with Gasteiger partial charge in [0.05, 0.1) is 12.7 Å². The van der Waals surface area contributed by atoms with Crippen LogP contribution in [0.1, 0.15) is 33.5 Å². The summed E-state index contributed by atoms with van der Waals surface area (Å²) >= 11 is 3.60. The van der Waals surface area contributed by atoms with Crippen molar-refractivity contribution in [2.24, 2.45) is 5.92 Å². The van der Waals surface area contributed by atoms with Crippen molar-refractivity contribution in [3.63, 3.8) is 0 Å². The molecule has 1 fully saturated rings. The molecule has 0 amide bonds. The zero-order valence-electron chi connectivity index (χ0n) is 11.9. The van der Waals surface area contributed by atoms with Gasteiger partial charge in [0.1, 0.15) is 5.75 Å². The molecule has 0 aromatic heterocycles. The largest absolute Gasteiger partial charge is 0.496 e. The summed E-state index contributed by atoms with van der Waals surface area (Å²) in [5.41, 5.74) is 3.90. The summed E-state index contributed by atoms with van der Waals surface area (Å²) < 4.78 is 6.53. The first-order chi connectivity index (χ1) is 8.99. The molecule has 1 aromatic rings. The Labute approximate surface area is 122 Å². The molecular formula is C15H20BrNO2. The molecule has 19 heavy (non-hydrogen) atoms. The van der Waals surface area contributed by atoms with Crippen molar-refractivity contribution in [1.29, 1.82) is 0 Å². The molecule has 1 heterocycles. The molecule has 2 rings (SSSR count). The maximum atomic E-state index is 12.7. The molecule has 1 unspecified atom stereocenters. The van der Waals surface area contributed by atoms with Crippen molar-refractivity contribution in [1.82, 2.24) is 5.32 Å². The fraction of sp³-hybridized carbons (Fsp3) is 0.533. The SMILES string of the molecule is COc1c(C)c(C)c(Br)c(C)c1C(=O)C1CCNC1. The Bertz CT molecular complexity index is 520. The fourth-order valence-corrected chi connectivity index (χ4v) is 3.21. The Morgan fingerprint density at radius 3 is 2.47 bits per heavy atom. The van der Waals surface area contributed by atoms with Crippen LogP contribution in [0.2, 0.25) is 0 Å². The minimum Gasteiger partial charge on any atom is -0.496 e. The average Bonchev–Trinajstić information content (AvgIpc) is 2.93. The highest BCUT2D eigenvalue weighted by Gasteiger charge is 2.29. The summed E-state index contributed by atoms with van der Waals surface area (Å²) in [5, 5.41) is 3.25. The standard InChI is InChI=1S/C15H20BrNO2/c1-8-9(2)15(19-4)12(10(3)13(8)16)14(18)11-5-6-17-7-11/h11,17H,5-7H2,1-4H3. The Balaban J connectivity index is 2.58. The number of ether oxygens (including phenoxy) is 1. The van der Waals surface area contributed by atoms with E-state index in [0.29, 0.717) is 0 Å². The van der Waals surface area contributed by atoms with Gasteiger partial charge < -0.3 is 10.1 Å². The molecule has 1 atom stereocenters. The molecule has 104 valence electrons. The van der Waals surface area contributed by atoms with Gasteiger partial charge in [0.25, 0.3) is 0 Å². The average molecular weight is 326 g/mol. The zero-order chi connectivity index (χ0) is 14.2. The molecule has 1 saturated heterocycles. The Kier molecular flexibility index (Phi) is 4.31. The summed E-state index contributed by atoms with van der Waals surface area (Å²) in [6.07, 6.45) is 0.909. The second kappa shape index (κ2) is 5.63. The van der Waals surface area contributed by atoms with Crippen molar-refractivity contribution < 1.29 is 9.53 Å². The van der Waals surface area contributed by atoms with Gasteiger partial charge in [-0.3, -0.25) is 4.79 Å². The number of hydrogen-bond acceptors (Lipinski definition) is 3. The monoisotopic (exact) mass is 325 g/mol. The predicted octanol–water partition coefficient (Wildman–Crippen LogP) is 3.18. The van der Waals surface area contributed by atoms with Crippen molar-refractivity contribution in [3.05, 3.63) is 26.7 Å². The van der Waals surface area contributed by atoms with E-state index in [2.05, 4.69) is 21.2 Å². The lowest BCUT2D eigenvalue weighted by atomic mass is 9.90. The summed E-state index contributed by atoms with van der Waals surface area (Å²) in [4.78, 5) is 12.7. The number of carbonyl (C=O) groups is 1. The number of rotatable bonds is 3. The highest BCUT2D eigenvalue weighted by molar-refractivity contribution is 9.10. The first kappa shape index (κ1) is 14.5. The van der Waals surface area contributed by atoms with E-state index in [1.165, 1.54) is 0 Å². The van der Waals surface area contributed by atoms with Gasteiger partial charge in [0.15, 0.2) is 5.78 Å². The van der Waals surface area contributed by atoms with E-state index in [9.17, 15) is 4.79 Å². The Morgan fingerprint density at radius 2 is 1.95 bits per heavy atom. The predicted molar refractivity (Wildman–Crippen MR) is 80.2 cm³/mol. The van der Waals surface area contributed by atoms with E-state index in [0.717, 1.165) is 52.0 Å². The highest BCUT2D eigenvalue weighted by atomic mass is 79.9. The maximum Gasteiger partial charge on any atom is 0.171 e. The molecular weight excluding hydrogens is 306 g/mol. The first-order valence-corrected chi connectivity index (χ1v) is 7.36. The van der Waals surface area contributed by atoms with Gasteiger partial charge in [0, 0.05) is 16.9 Å². The first-order valence-electron chi connectivity index (χ1n) is 6.57. The molecule has 1 aromatic carbocycles. The van der Waals surface area contributed by atoms with Crippen LogP contribution in [0.25, 0.3) is 0 Å². The lowest BCUT2D eigenvalue weighted by Crippen LogP contribution is -2.20. The van der Waals surface area contributed by atoms with Gasteiger partial charge in [0.2, 0.25) is 0 Å². The number of Topliss-reactive ketones (excluding diaryl/α,β-unsaturated/α-hetero) is 1. The molecule has 3 nitrogen and oxygen atoms in total. The van der Waals surface area contributed by atoms with E-state index in [4.69, 9.17) is 4.74 Å². The smallest absolute Gasteiger partial charge is 0.171 e. The van der Waals surface area contributed by atoms with Crippen molar-refractivity contribution in [2.75, 3.05) is 20.2 Å². The quantitative estimate of drug-likeness (QED) is 0.867. The van der Waals surface area contributed by atoms with Crippen LogP contribution in [0.4, 0.5) is 0 Å². The minimum atomic E-state index is 0.0709. The van der Waals surface area contributed by atoms with E-state index in [1.807, 2.05) is 20.8 Å². The lowest BCUT2D eigenvalue weighted by molar-refractivity contribution is 0.0926. The number of hydrogen-bond donors (Lipinski definition) is 1. The third-order valence-corrected chi connectivity index (χ3v) is 5.23. The molecule has 0 radical (unpaired) electrons. The van der Waals surface area contributed by atoms with Crippen LogP contribution in [0.15, 0.2) is 4.47 Å². The second-order valence-electron chi connectivity index (χ2n) is 5.15. The third-order valence-electron chi connectivity index (χ3n) is 4.05. The van der Waals surface area contributed by atoms with Gasteiger partial charge in [-0.25, -0.2) is 0 Å².